The van der Waals surface area contributed by atoms with Crippen LogP contribution in [0.25, 0.3) is 0 Å². The highest BCUT2D eigenvalue weighted by molar-refractivity contribution is 6.07. The number of alkyl halides is 2. The van der Waals surface area contributed by atoms with Crippen LogP contribution >= 0.6 is 0 Å². The van der Waals surface area contributed by atoms with Gasteiger partial charge >= 0.3 is 11.8 Å². The number of nitrogens with zero attached hydrogens (tertiary/aromatic N) is 1. The molecule has 1 amide bonds. The Hall–Kier alpha value is -2.23. The molecular formula is C15H11F2NO. The van der Waals surface area contributed by atoms with Crippen LogP contribution in [0.15, 0.2) is 60.7 Å². The normalized spacial score (nSPS) is 21.1. The molecule has 4 heteroatoms. The Balaban J connectivity index is 2.03. The standard InChI is InChI=1S/C15H11F2NO/c16-15(17)13(11-7-3-1-4-8-11)18(14(15)19)12-9-5-2-6-10-12/h1-10,13H/t13-/m0/s1. The van der Waals surface area contributed by atoms with E-state index in [1.807, 2.05) is 0 Å². The second-order valence-corrected chi connectivity index (χ2v) is 4.45. The van der Waals surface area contributed by atoms with Crippen LogP contribution in [-0.4, -0.2) is 11.8 Å². The molecule has 0 unspecified atom stereocenters. The van der Waals surface area contributed by atoms with Crippen LogP contribution in [0.5, 0.6) is 0 Å². The molecule has 19 heavy (non-hydrogen) atoms. The van der Waals surface area contributed by atoms with E-state index in [2.05, 4.69) is 0 Å². The van der Waals surface area contributed by atoms with Gasteiger partial charge < -0.3 is 0 Å². The number of carbonyl (C=O) groups excluding carboxylic acids is 1. The molecule has 2 aromatic rings. The lowest BCUT2D eigenvalue weighted by Gasteiger charge is -2.46. The van der Waals surface area contributed by atoms with Gasteiger partial charge in [-0.1, -0.05) is 48.5 Å². The van der Waals surface area contributed by atoms with Gasteiger partial charge in [-0.05, 0) is 17.7 Å². The highest BCUT2D eigenvalue weighted by Crippen LogP contribution is 2.49. The fraction of sp³-hybridized carbons (Fsp3) is 0.133. The summed E-state index contributed by atoms with van der Waals surface area (Å²) in [6, 6.07) is 15.7. The molecule has 1 saturated heterocycles. The maximum Gasteiger partial charge on any atom is 0.349 e. The van der Waals surface area contributed by atoms with Crippen LogP contribution in [0.3, 0.4) is 0 Å². The Labute approximate surface area is 109 Å². The molecule has 0 aliphatic carbocycles. The van der Waals surface area contributed by atoms with Crippen LogP contribution in [0, 0.1) is 0 Å². The molecule has 0 aromatic heterocycles. The smallest absolute Gasteiger partial charge is 0.293 e. The van der Waals surface area contributed by atoms with E-state index in [1.54, 1.807) is 60.7 Å². The number of benzene rings is 2. The van der Waals surface area contributed by atoms with Crippen LogP contribution in [0.2, 0.25) is 0 Å². The third kappa shape index (κ3) is 1.71. The number of hydrogen-bond donors (Lipinski definition) is 0. The quantitative estimate of drug-likeness (QED) is 0.757. The van der Waals surface area contributed by atoms with Crippen LogP contribution < -0.4 is 4.90 Å². The van der Waals surface area contributed by atoms with E-state index < -0.39 is 17.9 Å². The summed E-state index contributed by atoms with van der Waals surface area (Å²) in [7, 11) is 0. The van der Waals surface area contributed by atoms with E-state index in [9.17, 15) is 13.6 Å². The number of anilines is 1. The number of rotatable bonds is 2. The Kier molecular flexibility index (Phi) is 2.59. The van der Waals surface area contributed by atoms with E-state index in [4.69, 9.17) is 0 Å². The third-order valence-corrected chi connectivity index (χ3v) is 3.26. The minimum absolute atomic E-state index is 0.441. The summed E-state index contributed by atoms with van der Waals surface area (Å²) >= 11 is 0. The first-order valence-electron chi connectivity index (χ1n) is 5.94. The molecule has 1 heterocycles. The summed E-state index contributed by atoms with van der Waals surface area (Å²) in [6.07, 6.45) is 0. The van der Waals surface area contributed by atoms with E-state index in [0.29, 0.717) is 11.3 Å². The number of halogens is 2. The predicted molar refractivity (Wildman–Crippen MR) is 68.1 cm³/mol. The molecule has 2 aromatic carbocycles. The highest BCUT2D eigenvalue weighted by Gasteiger charge is 2.64. The van der Waals surface area contributed by atoms with Gasteiger partial charge in [0.25, 0.3) is 0 Å². The maximum absolute atomic E-state index is 13.8. The molecule has 96 valence electrons. The number of para-hydroxylation sites is 1. The van der Waals surface area contributed by atoms with E-state index in [0.717, 1.165) is 4.90 Å². The number of β-lactam (4-membered cyclic amide) rings is 1. The van der Waals surface area contributed by atoms with Gasteiger partial charge in [-0.25, -0.2) is 0 Å². The van der Waals surface area contributed by atoms with Gasteiger partial charge in [0.15, 0.2) is 0 Å². The zero-order valence-electron chi connectivity index (χ0n) is 9.96. The number of amides is 1. The Morgan fingerprint density at radius 3 is 2.00 bits per heavy atom. The molecule has 2 nitrogen and oxygen atoms in total. The Morgan fingerprint density at radius 1 is 0.895 bits per heavy atom. The van der Waals surface area contributed by atoms with Crippen molar-refractivity contribution in [2.75, 3.05) is 4.90 Å². The molecule has 1 aliphatic heterocycles. The summed E-state index contributed by atoms with van der Waals surface area (Å²) < 4.78 is 27.7. The van der Waals surface area contributed by atoms with Crippen molar-refractivity contribution < 1.29 is 13.6 Å². The maximum atomic E-state index is 13.8. The third-order valence-electron chi connectivity index (χ3n) is 3.26. The molecule has 0 bridgehead atoms. The fourth-order valence-corrected chi connectivity index (χ4v) is 2.34. The van der Waals surface area contributed by atoms with Gasteiger partial charge in [0, 0.05) is 5.69 Å². The first kappa shape index (κ1) is 11.8. The molecule has 0 radical (unpaired) electrons. The molecule has 0 N–H and O–H groups in total. The molecule has 1 fully saturated rings. The highest BCUT2D eigenvalue weighted by atomic mass is 19.3. The van der Waals surface area contributed by atoms with Crippen LogP contribution in [0.1, 0.15) is 11.6 Å². The number of carbonyl (C=O) groups is 1. The van der Waals surface area contributed by atoms with Crippen molar-refractivity contribution in [3.63, 3.8) is 0 Å². The average Bonchev–Trinajstić information content (AvgIpc) is 2.45. The SMILES string of the molecule is O=C1N(c2ccccc2)[C@@H](c2ccccc2)C1(F)F. The largest absolute Gasteiger partial charge is 0.349 e. The predicted octanol–water partition coefficient (Wildman–Crippen LogP) is 3.41. The Morgan fingerprint density at radius 2 is 1.42 bits per heavy atom. The summed E-state index contributed by atoms with van der Waals surface area (Å²) in [5.74, 6) is -4.48. The van der Waals surface area contributed by atoms with Crippen molar-refractivity contribution in [3.8, 4) is 0 Å². The minimum atomic E-state index is -3.34. The first-order valence-corrected chi connectivity index (χ1v) is 5.94. The Bertz CT molecular complexity index is 598. The first-order chi connectivity index (χ1) is 9.12. The second kappa shape index (κ2) is 4.16. The van der Waals surface area contributed by atoms with Crippen molar-refractivity contribution in [3.05, 3.63) is 66.2 Å². The lowest BCUT2D eigenvalue weighted by Crippen LogP contribution is -2.64. The van der Waals surface area contributed by atoms with E-state index >= 15 is 0 Å². The van der Waals surface area contributed by atoms with Gasteiger partial charge in [-0.3, -0.25) is 9.69 Å². The van der Waals surface area contributed by atoms with Crippen LogP contribution in [-0.2, 0) is 4.79 Å². The van der Waals surface area contributed by atoms with Crippen molar-refractivity contribution in [1.82, 2.24) is 0 Å². The molecule has 1 aliphatic rings. The van der Waals surface area contributed by atoms with E-state index in [-0.39, 0.29) is 0 Å². The topological polar surface area (TPSA) is 20.3 Å². The van der Waals surface area contributed by atoms with Crippen molar-refractivity contribution >= 4 is 11.6 Å². The second-order valence-electron chi connectivity index (χ2n) is 4.45. The van der Waals surface area contributed by atoms with Gasteiger partial charge in [-0.15, -0.1) is 0 Å². The van der Waals surface area contributed by atoms with E-state index in [1.165, 1.54) is 0 Å². The summed E-state index contributed by atoms with van der Waals surface area (Å²) in [6.45, 7) is 0. The van der Waals surface area contributed by atoms with Crippen molar-refractivity contribution in [1.29, 1.82) is 0 Å². The number of hydrogen-bond acceptors (Lipinski definition) is 1. The van der Waals surface area contributed by atoms with Crippen LogP contribution in [0.4, 0.5) is 14.5 Å². The lowest BCUT2D eigenvalue weighted by molar-refractivity contribution is -0.162. The minimum Gasteiger partial charge on any atom is -0.293 e. The van der Waals surface area contributed by atoms with Gasteiger partial charge in [0.2, 0.25) is 0 Å². The van der Waals surface area contributed by atoms with Crippen molar-refractivity contribution in [2.24, 2.45) is 0 Å². The fourth-order valence-electron chi connectivity index (χ4n) is 2.34. The molecule has 0 spiro atoms. The summed E-state index contributed by atoms with van der Waals surface area (Å²) in [5, 5.41) is 0. The van der Waals surface area contributed by atoms with Gasteiger partial charge in [0.05, 0.1) is 0 Å². The zero-order valence-corrected chi connectivity index (χ0v) is 9.96. The molecular weight excluding hydrogens is 248 g/mol. The average molecular weight is 259 g/mol. The summed E-state index contributed by atoms with van der Waals surface area (Å²) in [4.78, 5) is 12.8. The molecule has 3 rings (SSSR count). The molecule has 1 atom stereocenters. The van der Waals surface area contributed by atoms with Gasteiger partial charge in [0.1, 0.15) is 6.04 Å². The van der Waals surface area contributed by atoms with Crippen molar-refractivity contribution in [2.45, 2.75) is 12.0 Å². The van der Waals surface area contributed by atoms with Gasteiger partial charge in [-0.2, -0.15) is 8.78 Å². The lowest BCUT2D eigenvalue weighted by atomic mass is 9.89. The summed E-state index contributed by atoms with van der Waals surface area (Å²) in [5.41, 5.74) is 0.934. The zero-order chi connectivity index (χ0) is 13.5. The monoisotopic (exact) mass is 259 g/mol. The molecule has 0 saturated carbocycles.